The van der Waals surface area contributed by atoms with Gasteiger partial charge in [-0.15, -0.1) is 0 Å². The van der Waals surface area contributed by atoms with Crippen LogP contribution in [0.3, 0.4) is 0 Å². The summed E-state index contributed by atoms with van der Waals surface area (Å²) in [5, 5.41) is 1.00. The minimum absolute atomic E-state index is 0.0192. The highest BCUT2D eigenvalue weighted by Gasteiger charge is 2.20. The van der Waals surface area contributed by atoms with Crippen molar-refractivity contribution in [3.05, 3.63) is 56.9 Å². The van der Waals surface area contributed by atoms with Gasteiger partial charge in [-0.25, -0.2) is 0 Å². The number of aryl methyl sites for hydroxylation is 1. The fourth-order valence-corrected chi connectivity index (χ4v) is 4.05. The first-order valence-electron chi connectivity index (χ1n) is 7.41. The number of nitrogens with one attached hydrogen (secondary N) is 1. The summed E-state index contributed by atoms with van der Waals surface area (Å²) in [6.45, 7) is 2.42. The predicted octanol–water partition coefficient (Wildman–Crippen LogP) is 3.17. The van der Waals surface area contributed by atoms with E-state index in [-0.39, 0.29) is 5.56 Å². The standard InChI is InChI=1S/C17H20N2OS/c1-11-6-2-5-9-15(11)21-17-13-8-4-3-7-12(13)14(10-18)16(20)19-17/h2,5-6,9H,3-4,7-8,10,18H2,1H3,(H,19,20). The van der Waals surface area contributed by atoms with Crippen LogP contribution in [0.5, 0.6) is 0 Å². The summed E-state index contributed by atoms with van der Waals surface area (Å²) >= 11 is 1.67. The summed E-state index contributed by atoms with van der Waals surface area (Å²) in [7, 11) is 0. The first-order valence-corrected chi connectivity index (χ1v) is 8.23. The lowest BCUT2D eigenvalue weighted by Gasteiger charge is -2.21. The van der Waals surface area contributed by atoms with E-state index in [1.807, 2.05) is 12.1 Å². The van der Waals surface area contributed by atoms with Gasteiger partial charge in [0.2, 0.25) is 0 Å². The van der Waals surface area contributed by atoms with Gasteiger partial charge in [0, 0.05) is 17.0 Å². The number of rotatable bonds is 3. The molecule has 0 radical (unpaired) electrons. The Morgan fingerprint density at radius 3 is 2.62 bits per heavy atom. The molecule has 110 valence electrons. The molecule has 1 heterocycles. The predicted molar refractivity (Wildman–Crippen MR) is 86.9 cm³/mol. The normalized spacial score (nSPS) is 14.0. The van der Waals surface area contributed by atoms with Crippen LogP contribution >= 0.6 is 11.8 Å². The van der Waals surface area contributed by atoms with Crippen molar-refractivity contribution < 1.29 is 0 Å². The summed E-state index contributed by atoms with van der Waals surface area (Å²) < 4.78 is 0. The van der Waals surface area contributed by atoms with Crippen LogP contribution in [-0.4, -0.2) is 4.98 Å². The van der Waals surface area contributed by atoms with Gasteiger partial charge < -0.3 is 10.7 Å². The van der Waals surface area contributed by atoms with Crippen molar-refractivity contribution in [2.24, 2.45) is 5.73 Å². The molecule has 1 aromatic carbocycles. The molecule has 0 aliphatic heterocycles. The summed E-state index contributed by atoms with van der Waals surface area (Å²) in [6.07, 6.45) is 4.35. The third-order valence-corrected chi connectivity index (χ3v) is 5.35. The number of hydrogen-bond acceptors (Lipinski definition) is 3. The van der Waals surface area contributed by atoms with Crippen LogP contribution in [0.25, 0.3) is 0 Å². The molecule has 3 rings (SSSR count). The number of fused-ring (bicyclic) bond motifs is 1. The van der Waals surface area contributed by atoms with E-state index < -0.39 is 0 Å². The Bertz CT molecular complexity index is 721. The van der Waals surface area contributed by atoms with E-state index in [1.165, 1.54) is 28.0 Å². The molecule has 3 N–H and O–H groups in total. The summed E-state index contributed by atoms with van der Waals surface area (Å²) in [4.78, 5) is 16.5. The zero-order valence-electron chi connectivity index (χ0n) is 12.2. The first-order chi connectivity index (χ1) is 10.2. The number of benzene rings is 1. The Morgan fingerprint density at radius 2 is 1.90 bits per heavy atom. The summed E-state index contributed by atoms with van der Waals surface area (Å²) in [5.74, 6) is 0. The van der Waals surface area contributed by atoms with Gasteiger partial charge >= 0.3 is 0 Å². The lowest BCUT2D eigenvalue weighted by atomic mass is 9.90. The highest BCUT2D eigenvalue weighted by molar-refractivity contribution is 7.99. The third-order valence-electron chi connectivity index (χ3n) is 4.12. The Labute approximate surface area is 129 Å². The largest absolute Gasteiger partial charge is 0.326 e. The van der Waals surface area contributed by atoms with Gasteiger partial charge in [-0.2, -0.15) is 0 Å². The van der Waals surface area contributed by atoms with Crippen LogP contribution in [0.15, 0.2) is 39.0 Å². The lowest BCUT2D eigenvalue weighted by molar-refractivity contribution is 0.655. The number of hydrogen-bond donors (Lipinski definition) is 2. The molecule has 21 heavy (non-hydrogen) atoms. The number of aromatic nitrogens is 1. The van der Waals surface area contributed by atoms with Crippen molar-refractivity contribution in [3.63, 3.8) is 0 Å². The molecule has 0 saturated heterocycles. The topological polar surface area (TPSA) is 58.9 Å². The van der Waals surface area contributed by atoms with Crippen LogP contribution in [0.2, 0.25) is 0 Å². The fourth-order valence-electron chi connectivity index (χ4n) is 2.96. The van der Waals surface area contributed by atoms with Gasteiger partial charge in [0.25, 0.3) is 5.56 Å². The molecule has 1 aliphatic carbocycles. The maximum Gasteiger partial charge on any atom is 0.253 e. The smallest absolute Gasteiger partial charge is 0.253 e. The van der Waals surface area contributed by atoms with Crippen molar-refractivity contribution in [1.29, 1.82) is 0 Å². The van der Waals surface area contributed by atoms with Gasteiger partial charge in [-0.05, 0) is 55.4 Å². The zero-order chi connectivity index (χ0) is 14.8. The number of H-pyrrole nitrogens is 1. The molecule has 2 aromatic rings. The van der Waals surface area contributed by atoms with Gasteiger partial charge in [0.15, 0.2) is 0 Å². The zero-order valence-corrected chi connectivity index (χ0v) is 13.1. The molecule has 1 aromatic heterocycles. The fraction of sp³-hybridized carbons (Fsp3) is 0.353. The molecule has 0 atom stereocenters. The maximum atomic E-state index is 12.3. The quantitative estimate of drug-likeness (QED) is 0.915. The van der Waals surface area contributed by atoms with Crippen LogP contribution in [0, 0.1) is 6.92 Å². The molecule has 0 saturated carbocycles. The second kappa shape index (κ2) is 6.08. The SMILES string of the molecule is Cc1ccccc1Sc1[nH]c(=O)c(CN)c2c1CCCC2. The van der Waals surface area contributed by atoms with Crippen molar-refractivity contribution in [1.82, 2.24) is 4.98 Å². The van der Waals surface area contributed by atoms with E-state index in [1.54, 1.807) is 11.8 Å². The average Bonchev–Trinajstić information content (AvgIpc) is 2.50. The Hall–Kier alpha value is -1.52. The molecule has 0 amide bonds. The van der Waals surface area contributed by atoms with E-state index in [2.05, 4.69) is 24.0 Å². The lowest BCUT2D eigenvalue weighted by Crippen LogP contribution is -2.23. The molecule has 1 aliphatic rings. The summed E-state index contributed by atoms with van der Waals surface area (Å²) in [6, 6.07) is 8.27. The molecule has 0 bridgehead atoms. The van der Waals surface area contributed by atoms with E-state index >= 15 is 0 Å². The van der Waals surface area contributed by atoms with Gasteiger partial charge in [0.1, 0.15) is 0 Å². The average molecular weight is 300 g/mol. The number of pyridine rings is 1. The van der Waals surface area contributed by atoms with Crippen molar-refractivity contribution in [2.45, 2.75) is 49.1 Å². The van der Waals surface area contributed by atoms with Crippen molar-refractivity contribution >= 4 is 11.8 Å². The molecule has 0 spiro atoms. The molecular formula is C17H20N2OS. The Morgan fingerprint density at radius 1 is 1.19 bits per heavy atom. The van der Waals surface area contributed by atoms with E-state index in [4.69, 9.17) is 5.73 Å². The maximum absolute atomic E-state index is 12.3. The van der Waals surface area contributed by atoms with Crippen molar-refractivity contribution in [2.75, 3.05) is 0 Å². The second-order valence-electron chi connectivity index (χ2n) is 5.50. The van der Waals surface area contributed by atoms with E-state index in [9.17, 15) is 4.79 Å². The van der Waals surface area contributed by atoms with Crippen LogP contribution in [0.4, 0.5) is 0 Å². The van der Waals surface area contributed by atoms with Gasteiger partial charge in [-0.3, -0.25) is 4.79 Å². The van der Waals surface area contributed by atoms with Crippen LogP contribution in [-0.2, 0) is 19.4 Å². The Balaban J connectivity index is 2.09. The molecule has 4 heteroatoms. The highest BCUT2D eigenvalue weighted by Crippen LogP contribution is 2.35. The Kier molecular flexibility index (Phi) is 4.17. The third kappa shape index (κ3) is 2.78. The molecule has 0 unspecified atom stereocenters. The van der Waals surface area contributed by atoms with E-state index in [0.29, 0.717) is 6.54 Å². The molecular weight excluding hydrogens is 280 g/mol. The summed E-state index contributed by atoms with van der Waals surface area (Å²) in [5.41, 5.74) is 10.3. The highest BCUT2D eigenvalue weighted by atomic mass is 32.2. The van der Waals surface area contributed by atoms with Crippen LogP contribution < -0.4 is 11.3 Å². The molecule has 3 nitrogen and oxygen atoms in total. The minimum Gasteiger partial charge on any atom is -0.326 e. The number of nitrogens with two attached hydrogens (primary N) is 1. The van der Waals surface area contributed by atoms with E-state index in [0.717, 1.165) is 29.9 Å². The van der Waals surface area contributed by atoms with Gasteiger partial charge in [-0.1, -0.05) is 30.0 Å². The molecule has 0 fully saturated rings. The minimum atomic E-state index is -0.0192. The monoisotopic (exact) mass is 300 g/mol. The first kappa shape index (κ1) is 14.4. The number of aromatic amines is 1. The van der Waals surface area contributed by atoms with Crippen LogP contribution in [0.1, 0.15) is 35.1 Å². The van der Waals surface area contributed by atoms with Crippen molar-refractivity contribution in [3.8, 4) is 0 Å². The van der Waals surface area contributed by atoms with Gasteiger partial charge in [0.05, 0.1) is 5.03 Å². The second-order valence-corrected chi connectivity index (χ2v) is 6.55.